The standard InChI is InChI=1S/C68H134N16O7/c1-3-5-7-9-11-13-15-17-19-21-23-25-27-29-31-33-35-45-59(85)76-52-40-54-84(55-41-53-77-60(86)46-36-34-32-30-28-26-24-22-20-18-16-14-12-10-8-6-4-2)62(88)48-47-61(87)81-57(43-38-50-79-67(72)73)64(90)83-58(44-39-51-80-68(74)75)65(91)82-56(63(69)89)42-37-49-78-66(70)71/h56-58H,3-55H2,1-2H3,(H2,69,89)(H,76,85)(H,77,86)(H,81,87)(H,82,91)(H,83,90)(H4,70,71,78)(H4,72,73,79)(H4,74,75,80)/t56-,57-,58-/m0/s1. The Morgan fingerprint density at radius 2 is 0.604 bits per heavy atom. The molecule has 91 heavy (non-hydrogen) atoms. The molecule has 0 aromatic rings. The molecule has 0 aliphatic rings. The van der Waals surface area contributed by atoms with Crippen LogP contribution in [0.25, 0.3) is 0 Å². The molecule has 0 aromatic heterocycles. The number of hydrogen-bond acceptors (Lipinski definition) is 10. The Balaban J connectivity index is 5.53. The molecule has 0 aliphatic carbocycles. The highest BCUT2D eigenvalue weighted by Gasteiger charge is 2.29. The maximum Gasteiger partial charge on any atom is 0.243 e. The normalized spacial score (nSPS) is 12.0. The maximum absolute atomic E-state index is 14.1. The first-order valence-corrected chi connectivity index (χ1v) is 36.2. The van der Waals surface area contributed by atoms with Gasteiger partial charge in [0.2, 0.25) is 41.4 Å². The zero-order valence-corrected chi connectivity index (χ0v) is 57.4. The summed E-state index contributed by atoms with van der Waals surface area (Å²) in [4.78, 5) is 107. The molecule has 0 rings (SSSR count). The van der Waals surface area contributed by atoms with Gasteiger partial charge in [0.05, 0.1) is 0 Å². The van der Waals surface area contributed by atoms with E-state index in [-0.39, 0.29) is 100 Å². The third-order valence-electron chi connectivity index (χ3n) is 16.6. The first-order chi connectivity index (χ1) is 44.0. The quantitative estimate of drug-likeness (QED) is 0.0154. The lowest BCUT2D eigenvalue weighted by Gasteiger charge is -2.25. The van der Waals surface area contributed by atoms with Gasteiger partial charge in [0.25, 0.3) is 0 Å². The molecule has 528 valence electrons. The highest BCUT2D eigenvalue weighted by molar-refractivity contribution is 5.94. The summed E-state index contributed by atoms with van der Waals surface area (Å²) >= 11 is 0. The van der Waals surface area contributed by atoms with Crippen molar-refractivity contribution in [1.29, 1.82) is 0 Å². The van der Waals surface area contributed by atoms with Gasteiger partial charge >= 0.3 is 0 Å². The molecule has 3 atom stereocenters. The minimum atomic E-state index is -1.21. The van der Waals surface area contributed by atoms with E-state index in [2.05, 4.69) is 55.4 Å². The van der Waals surface area contributed by atoms with E-state index >= 15 is 0 Å². The predicted molar refractivity (Wildman–Crippen MR) is 373 cm³/mol. The van der Waals surface area contributed by atoms with Crippen molar-refractivity contribution >= 4 is 59.2 Å². The number of carbonyl (C=O) groups excluding carboxylic acids is 7. The van der Waals surface area contributed by atoms with Crippen LogP contribution in [0.4, 0.5) is 0 Å². The molecule has 0 saturated heterocycles. The SMILES string of the molecule is CCCCCCCCCCCCCCCCCCCC(=O)NCCCN(CCCNC(=O)CCCCCCCCCCCCCCCCCCC)C(=O)CCC(=O)N[C@@H](CCCN=C(N)N)C(=O)N[C@@H](CCCN=C(N)N)C(=O)N[C@@H](CCCN=C(N)N)C(N)=O. The average molecular weight is 1290 g/mol. The molecule has 0 heterocycles. The Labute approximate surface area is 550 Å². The summed E-state index contributed by atoms with van der Waals surface area (Å²) in [5, 5.41) is 14.1. The summed E-state index contributed by atoms with van der Waals surface area (Å²) < 4.78 is 0. The third kappa shape index (κ3) is 56.6. The Morgan fingerprint density at radius 1 is 0.319 bits per heavy atom. The van der Waals surface area contributed by atoms with E-state index < -0.39 is 41.8 Å². The number of nitrogens with zero attached hydrogens (tertiary/aromatic N) is 4. The monoisotopic (exact) mass is 1290 g/mol. The molecule has 23 nitrogen and oxygen atoms in total. The van der Waals surface area contributed by atoms with E-state index in [4.69, 9.17) is 40.1 Å². The van der Waals surface area contributed by atoms with Crippen molar-refractivity contribution in [2.75, 3.05) is 45.8 Å². The first-order valence-electron chi connectivity index (χ1n) is 36.2. The lowest BCUT2D eigenvalue weighted by Crippen LogP contribution is -2.56. The highest BCUT2D eigenvalue weighted by atomic mass is 16.2. The smallest absolute Gasteiger partial charge is 0.243 e. The zero-order chi connectivity index (χ0) is 67.2. The van der Waals surface area contributed by atoms with Gasteiger partial charge in [-0.25, -0.2) is 0 Å². The summed E-state index contributed by atoms with van der Waals surface area (Å²) in [6.07, 6.45) is 45.7. The van der Waals surface area contributed by atoms with Crippen molar-refractivity contribution < 1.29 is 33.6 Å². The number of nitrogens with one attached hydrogen (secondary N) is 5. The summed E-state index contributed by atoms with van der Waals surface area (Å²) in [5.74, 6) is -3.59. The predicted octanol–water partition coefficient (Wildman–Crippen LogP) is 8.79. The van der Waals surface area contributed by atoms with Crippen LogP contribution in [0.3, 0.4) is 0 Å². The van der Waals surface area contributed by atoms with Gasteiger partial charge in [0, 0.05) is 71.5 Å². The molecule has 0 aliphatic heterocycles. The van der Waals surface area contributed by atoms with Crippen molar-refractivity contribution in [3.8, 4) is 0 Å². The largest absolute Gasteiger partial charge is 0.370 e. The fourth-order valence-electron chi connectivity index (χ4n) is 11.1. The molecule has 19 N–H and O–H groups in total. The number of hydrogen-bond donors (Lipinski definition) is 12. The van der Waals surface area contributed by atoms with E-state index in [9.17, 15) is 33.6 Å². The molecule has 0 aromatic carbocycles. The van der Waals surface area contributed by atoms with Crippen LogP contribution in [0.5, 0.6) is 0 Å². The van der Waals surface area contributed by atoms with Crippen molar-refractivity contribution in [3.05, 3.63) is 0 Å². The Kier molecular flexibility index (Phi) is 57.6. The first kappa shape index (κ1) is 85.1. The number of unbranched alkanes of at least 4 members (excludes halogenated alkanes) is 32. The fraction of sp³-hybridized carbons (Fsp3) is 0.853. The van der Waals surface area contributed by atoms with Gasteiger partial charge in [-0.2, -0.15) is 0 Å². The maximum atomic E-state index is 14.1. The van der Waals surface area contributed by atoms with Gasteiger partial charge in [-0.1, -0.05) is 219 Å². The van der Waals surface area contributed by atoms with Crippen LogP contribution in [0.2, 0.25) is 0 Å². The van der Waals surface area contributed by atoms with Crippen LogP contribution in [-0.2, 0) is 33.6 Å². The van der Waals surface area contributed by atoms with E-state index in [1.165, 1.54) is 180 Å². The summed E-state index contributed by atoms with van der Waals surface area (Å²) in [7, 11) is 0. The second kappa shape index (κ2) is 61.6. The third-order valence-corrected chi connectivity index (χ3v) is 16.6. The Bertz CT molecular complexity index is 1910. The van der Waals surface area contributed by atoms with E-state index in [1.54, 1.807) is 4.90 Å². The molecule has 0 unspecified atom stereocenters. The molecule has 0 fully saturated rings. The van der Waals surface area contributed by atoms with Crippen molar-refractivity contribution in [3.63, 3.8) is 0 Å². The second-order valence-electron chi connectivity index (χ2n) is 25.1. The zero-order valence-electron chi connectivity index (χ0n) is 57.4. The number of aliphatic imine (C=N–C) groups is 3. The summed E-state index contributed by atoms with van der Waals surface area (Å²) in [6, 6.07) is -3.52. The molecule has 0 radical (unpaired) electrons. The summed E-state index contributed by atoms with van der Waals surface area (Å²) in [6.45, 7) is 6.38. The fourth-order valence-corrected chi connectivity index (χ4v) is 11.1. The molecule has 0 spiro atoms. The number of primary amides is 1. The van der Waals surface area contributed by atoms with Crippen molar-refractivity contribution in [2.24, 2.45) is 55.1 Å². The van der Waals surface area contributed by atoms with Crippen LogP contribution in [0.15, 0.2) is 15.0 Å². The van der Waals surface area contributed by atoms with E-state index in [0.717, 1.165) is 38.5 Å². The second-order valence-corrected chi connectivity index (χ2v) is 25.1. The van der Waals surface area contributed by atoms with Crippen LogP contribution in [0, 0.1) is 0 Å². The van der Waals surface area contributed by atoms with Crippen LogP contribution in [0.1, 0.15) is 309 Å². The van der Waals surface area contributed by atoms with Crippen LogP contribution < -0.4 is 66.7 Å². The van der Waals surface area contributed by atoms with Gasteiger partial charge in [0.1, 0.15) is 18.1 Å². The van der Waals surface area contributed by atoms with Crippen molar-refractivity contribution in [2.45, 2.75) is 327 Å². The minimum Gasteiger partial charge on any atom is -0.370 e. The van der Waals surface area contributed by atoms with Gasteiger partial charge in [-0.05, 0) is 64.2 Å². The van der Waals surface area contributed by atoms with E-state index in [1.807, 2.05) is 0 Å². The van der Waals surface area contributed by atoms with Gasteiger partial charge in [-0.3, -0.25) is 48.5 Å². The van der Waals surface area contributed by atoms with Gasteiger partial charge in [-0.15, -0.1) is 0 Å². The number of amides is 7. The lowest BCUT2D eigenvalue weighted by atomic mass is 10.0. The Hall–Kier alpha value is -5.90. The number of carbonyl (C=O) groups is 7. The van der Waals surface area contributed by atoms with E-state index in [0.29, 0.717) is 58.3 Å². The lowest BCUT2D eigenvalue weighted by molar-refractivity contribution is -0.135. The minimum absolute atomic E-state index is 0.0153. The summed E-state index contributed by atoms with van der Waals surface area (Å²) in [5.41, 5.74) is 38.6. The average Bonchev–Trinajstić information content (AvgIpc) is 3.72. The van der Waals surface area contributed by atoms with Crippen LogP contribution in [-0.4, -0.2) is 128 Å². The molecular weight excluding hydrogens is 1150 g/mol. The molecule has 23 heteroatoms. The topological polar surface area (TPSA) is 402 Å². The number of rotatable bonds is 65. The molecule has 0 bridgehead atoms. The number of nitrogens with two attached hydrogens (primary N) is 7. The Morgan fingerprint density at radius 3 is 0.912 bits per heavy atom. The van der Waals surface area contributed by atoms with Gasteiger partial charge < -0.3 is 71.6 Å². The highest BCUT2D eigenvalue weighted by Crippen LogP contribution is 2.17. The number of guanidine groups is 3. The van der Waals surface area contributed by atoms with Crippen LogP contribution >= 0.6 is 0 Å². The van der Waals surface area contributed by atoms with Crippen molar-refractivity contribution in [1.82, 2.24) is 31.5 Å². The molecular formula is C68H134N16O7. The molecule has 0 saturated carbocycles. The van der Waals surface area contributed by atoms with Gasteiger partial charge in [0.15, 0.2) is 17.9 Å². The molecule has 7 amide bonds.